The summed E-state index contributed by atoms with van der Waals surface area (Å²) in [5, 5.41) is 4.27. The largest absolute Gasteiger partial charge is 0.492 e. The summed E-state index contributed by atoms with van der Waals surface area (Å²) in [5.74, 6) is 1.46. The van der Waals surface area contributed by atoms with E-state index in [0.717, 1.165) is 23.4 Å². The molecule has 216 valence electrons. The second-order valence-electron chi connectivity index (χ2n) is 10.2. The van der Waals surface area contributed by atoms with Crippen LogP contribution in [0, 0.1) is 0 Å². The van der Waals surface area contributed by atoms with Crippen molar-refractivity contribution in [3.8, 4) is 17.1 Å². The summed E-state index contributed by atoms with van der Waals surface area (Å²) in [6.07, 6.45) is 10.6. The molecule has 10 nitrogen and oxygen atoms in total. The van der Waals surface area contributed by atoms with Crippen LogP contribution in [-0.2, 0) is 23.1 Å². The molecule has 2 bridgehead atoms. The molecule has 1 aliphatic heterocycles. The van der Waals surface area contributed by atoms with Crippen LogP contribution in [0.1, 0.15) is 35.2 Å². The summed E-state index contributed by atoms with van der Waals surface area (Å²) in [6, 6.07) is 17.2. The number of nitrogens with zero attached hydrogens (tertiary/aromatic N) is 6. The molecule has 0 fully saturated rings. The van der Waals surface area contributed by atoms with Crippen LogP contribution in [0.5, 0.6) is 5.75 Å². The lowest BCUT2D eigenvalue weighted by Gasteiger charge is -2.24. The number of benzene rings is 2. The highest BCUT2D eigenvalue weighted by atomic mass is 32.2. The molecule has 4 aromatic rings. The number of hydrogen-bond acceptors (Lipinski definition) is 6. The van der Waals surface area contributed by atoms with Crippen molar-refractivity contribution in [2.24, 2.45) is 0 Å². The first kappa shape index (κ1) is 28.6. The molecule has 0 saturated heterocycles. The Balaban J connectivity index is 1.36. The summed E-state index contributed by atoms with van der Waals surface area (Å²) in [5.41, 5.74) is 2.55. The van der Waals surface area contributed by atoms with Gasteiger partial charge in [0.25, 0.3) is 5.91 Å². The molecule has 0 radical (unpaired) electrons. The lowest BCUT2D eigenvalue weighted by atomic mass is 10.1. The standard InChI is InChI=1S/C30H36N6O4S/c1-41(38,39)36-18-3-2-14-34(30(37)27-10-4-8-25(22-27)24-35-17-6-12-32-35)16-7-15-33-19-13-31-29(33)26-9-5-11-28(23-26)40-21-20-36/h4-6,8-13,17,19,22-23H,2-3,7,14-16,18,20-21,24H2,1H3. The zero-order valence-corrected chi connectivity index (χ0v) is 24.1. The minimum Gasteiger partial charge on any atom is -0.492 e. The molecule has 0 N–H and O–H groups in total. The molecule has 1 aliphatic rings. The van der Waals surface area contributed by atoms with Crippen molar-refractivity contribution in [2.45, 2.75) is 32.4 Å². The number of rotatable bonds is 4. The fraction of sp³-hybridized carbons (Fsp3) is 0.367. The number of sulfonamides is 1. The lowest BCUT2D eigenvalue weighted by molar-refractivity contribution is 0.0748. The summed E-state index contributed by atoms with van der Waals surface area (Å²) in [4.78, 5) is 20.2. The number of hydrogen-bond donors (Lipinski definition) is 0. The Kier molecular flexibility index (Phi) is 9.15. The third kappa shape index (κ3) is 7.62. The summed E-state index contributed by atoms with van der Waals surface area (Å²) < 4.78 is 36.2. The van der Waals surface area contributed by atoms with Gasteiger partial charge in [0.2, 0.25) is 10.0 Å². The van der Waals surface area contributed by atoms with Crippen LogP contribution in [0.4, 0.5) is 0 Å². The van der Waals surface area contributed by atoms with E-state index in [-0.39, 0.29) is 19.1 Å². The minimum atomic E-state index is -3.40. The molecule has 41 heavy (non-hydrogen) atoms. The van der Waals surface area contributed by atoms with Gasteiger partial charge in [-0.25, -0.2) is 13.4 Å². The summed E-state index contributed by atoms with van der Waals surface area (Å²) in [6.45, 7) is 3.26. The predicted octanol–water partition coefficient (Wildman–Crippen LogP) is 3.76. The number of ether oxygens (including phenoxy) is 1. The molecule has 0 saturated carbocycles. The van der Waals surface area contributed by atoms with E-state index in [2.05, 4.69) is 14.6 Å². The van der Waals surface area contributed by atoms with Gasteiger partial charge in [-0.1, -0.05) is 24.3 Å². The van der Waals surface area contributed by atoms with Crippen molar-refractivity contribution in [1.29, 1.82) is 0 Å². The third-order valence-electron chi connectivity index (χ3n) is 7.16. The second kappa shape index (κ2) is 13.1. The highest BCUT2D eigenvalue weighted by molar-refractivity contribution is 7.88. The molecule has 1 amide bonds. The average molecular weight is 577 g/mol. The Morgan fingerprint density at radius 1 is 0.902 bits per heavy atom. The SMILES string of the molecule is CS(=O)(=O)N1CCCCN(C(=O)c2cccc(Cn3cccn3)c2)CCCn2ccnc2-c2cccc(c2)OCC1. The first-order valence-electron chi connectivity index (χ1n) is 13.9. The van der Waals surface area contributed by atoms with Crippen molar-refractivity contribution < 1.29 is 17.9 Å². The van der Waals surface area contributed by atoms with Gasteiger partial charge in [-0.05, 0) is 55.2 Å². The highest BCUT2D eigenvalue weighted by Crippen LogP contribution is 2.23. The topological polar surface area (TPSA) is 103 Å². The molecule has 2 aromatic carbocycles. The first-order valence-corrected chi connectivity index (χ1v) is 15.8. The molecular weight excluding hydrogens is 540 g/mol. The van der Waals surface area contributed by atoms with E-state index in [4.69, 9.17) is 4.74 Å². The van der Waals surface area contributed by atoms with Crippen molar-refractivity contribution in [1.82, 2.24) is 28.5 Å². The molecule has 5 rings (SSSR count). The van der Waals surface area contributed by atoms with Gasteiger partial charge in [-0.3, -0.25) is 9.48 Å². The van der Waals surface area contributed by atoms with Gasteiger partial charge in [-0.15, -0.1) is 0 Å². The molecule has 11 heteroatoms. The fourth-order valence-electron chi connectivity index (χ4n) is 5.09. The molecule has 3 heterocycles. The highest BCUT2D eigenvalue weighted by Gasteiger charge is 2.19. The van der Waals surface area contributed by atoms with E-state index >= 15 is 0 Å². The lowest BCUT2D eigenvalue weighted by Crippen LogP contribution is -2.36. The van der Waals surface area contributed by atoms with Gasteiger partial charge in [0.15, 0.2) is 0 Å². The normalized spacial score (nSPS) is 16.0. The van der Waals surface area contributed by atoms with E-state index in [0.29, 0.717) is 56.9 Å². The van der Waals surface area contributed by atoms with Crippen LogP contribution in [-0.4, -0.2) is 81.9 Å². The van der Waals surface area contributed by atoms with Crippen molar-refractivity contribution in [3.05, 3.63) is 90.5 Å². The van der Waals surface area contributed by atoms with Crippen molar-refractivity contribution in [3.63, 3.8) is 0 Å². The number of fused-ring (bicyclic) bond motifs is 4. The number of aryl methyl sites for hydroxylation is 1. The zero-order chi connectivity index (χ0) is 28.7. The smallest absolute Gasteiger partial charge is 0.253 e. The molecule has 2 aromatic heterocycles. The number of carbonyl (C=O) groups excluding carboxylic acids is 1. The summed E-state index contributed by atoms with van der Waals surface area (Å²) in [7, 11) is -3.40. The zero-order valence-electron chi connectivity index (χ0n) is 23.3. The summed E-state index contributed by atoms with van der Waals surface area (Å²) >= 11 is 0. The van der Waals surface area contributed by atoms with Crippen LogP contribution in [0.2, 0.25) is 0 Å². The quantitative estimate of drug-likeness (QED) is 0.367. The van der Waals surface area contributed by atoms with Gasteiger partial charge in [0, 0.05) is 68.6 Å². The molecule has 0 atom stereocenters. The van der Waals surface area contributed by atoms with Gasteiger partial charge in [-0.2, -0.15) is 9.40 Å². The van der Waals surface area contributed by atoms with Crippen molar-refractivity contribution >= 4 is 15.9 Å². The molecular formula is C30H36N6O4S. The van der Waals surface area contributed by atoms with Crippen LogP contribution in [0.15, 0.2) is 79.4 Å². The van der Waals surface area contributed by atoms with E-state index in [9.17, 15) is 13.2 Å². The van der Waals surface area contributed by atoms with E-state index in [1.165, 1.54) is 10.6 Å². The van der Waals surface area contributed by atoms with Gasteiger partial charge < -0.3 is 14.2 Å². The number of imidazole rings is 1. The average Bonchev–Trinajstić information content (AvgIpc) is 3.64. The maximum absolute atomic E-state index is 13.7. The van der Waals surface area contributed by atoms with Crippen LogP contribution in [0.3, 0.4) is 0 Å². The Bertz CT molecular complexity index is 1550. The van der Waals surface area contributed by atoms with Crippen LogP contribution in [0.25, 0.3) is 11.4 Å². The number of amides is 1. The number of aromatic nitrogens is 4. The number of carbonyl (C=O) groups is 1. The third-order valence-corrected chi connectivity index (χ3v) is 8.47. The fourth-order valence-corrected chi connectivity index (χ4v) is 5.95. The van der Waals surface area contributed by atoms with Crippen LogP contribution < -0.4 is 4.74 Å². The van der Waals surface area contributed by atoms with E-state index in [1.807, 2.05) is 76.6 Å². The van der Waals surface area contributed by atoms with Gasteiger partial charge in [0.05, 0.1) is 12.8 Å². The predicted molar refractivity (Wildman–Crippen MR) is 157 cm³/mol. The Morgan fingerprint density at radius 3 is 2.56 bits per heavy atom. The minimum absolute atomic E-state index is 0.0304. The maximum atomic E-state index is 13.7. The molecule has 0 spiro atoms. The van der Waals surface area contributed by atoms with Gasteiger partial charge >= 0.3 is 0 Å². The van der Waals surface area contributed by atoms with E-state index in [1.54, 1.807) is 12.4 Å². The van der Waals surface area contributed by atoms with Crippen molar-refractivity contribution in [2.75, 3.05) is 39.0 Å². The second-order valence-corrected chi connectivity index (χ2v) is 12.2. The van der Waals surface area contributed by atoms with Crippen LogP contribution >= 0.6 is 0 Å². The first-order chi connectivity index (χ1) is 19.9. The molecule has 0 unspecified atom stereocenters. The van der Waals surface area contributed by atoms with E-state index < -0.39 is 10.0 Å². The Hall–Kier alpha value is -3.96. The van der Waals surface area contributed by atoms with Gasteiger partial charge in [0.1, 0.15) is 18.2 Å². The Morgan fingerprint density at radius 2 is 1.73 bits per heavy atom. The Labute approximate surface area is 241 Å². The monoisotopic (exact) mass is 576 g/mol. The molecule has 0 aliphatic carbocycles. The maximum Gasteiger partial charge on any atom is 0.253 e.